The molecule has 0 unspecified atom stereocenters. The summed E-state index contributed by atoms with van der Waals surface area (Å²) < 4.78 is 0.905. The van der Waals surface area contributed by atoms with Gasteiger partial charge in [0, 0.05) is 5.56 Å². The van der Waals surface area contributed by atoms with E-state index in [9.17, 15) is 5.11 Å². The molecule has 0 aliphatic carbocycles. The number of halogens is 1. The first-order valence-corrected chi connectivity index (χ1v) is 18.3. The van der Waals surface area contributed by atoms with Crippen LogP contribution < -0.4 is 0 Å². The van der Waals surface area contributed by atoms with Crippen molar-refractivity contribution in [3.8, 4) is 39.1 Å². The van der Waals surface area contributed by atoms with Crippen molar-refractivity contribution in [3.63, 3.8) is 0 Å². The Morgan fingerprint density at radius 1 is 0.500 bits per heavy atom. The van der Waals surface area contributed by atoms with E-state index in [2.05, 4.69) is 146 Å². The molecule has 1 nitrogen and oxygen atoms in total. The van der Waals surface area contributed by atoms with Crippen molar-refractivity contribution < 1.29 is 5.11 Å². The van der Waals surface area contributed by atoms with Crippen LogP contribution in [0.25, 0.3) is 54.9 Å². The summed E-state index contributed by atoms with van der Waals surface area (Å²) in [5, 5.41) is 16.6. The van der Waals surface area contributed by atoms with E-state index in [1.807, 2.05) is 0 Å². The minimum Gasteiger partial charge on any atom is -0.506 e. The molecule has 0 fully saturated rings. The molecule has 0 amide bonds. The average molecular weight is 717 g/mol. The molecule has 0 bridgehead atoms. The van der Waals surface area contributed by atoms with Crippen LogP contribution in [0.5, 0.6) is 5.75 Å². The van der Waals surface area contributed by atoms with Gasteiger partial charge in [-0.3, -0.25) is 0 Å². The molecular weight excluding hydrogens is 671 g/mol. The zero-order chi connectivity index (χ0) is 32.0. The Kier molecular flexibility index (Phi) is 10.4. The molecule has 0 aliphatic rings. The van der Waals surface area contributed by atoms with E-state index < -0.39 is 0 Å². The summed E-state index contributed by atoms with van der Waals surface area (Å²) in [5.74, 6) is 0.364. The molecule has 0 radical (unpaired) electrons. The zero-order valence-electron chi connectivity index (χ0n) is 27.5. The molecule has 0 aromatic heterocycles. The SMILES string of the molecule is CCCCc1cc(CCCC)cc(-c2ccc3ccccc3c2-c2c(-c3cc(CCCC)cc(I)c3O)ccc3ccccc23)c1. The number of phenols is 1. The van der Waals surface area contributed by atoms with E-state index in [1.165, 1.54) is 86.2 Å². The van der Waals surface area contributed by atoms with Gasteiger partial charge in [-0.25, -0.2) is 0 Å². The molecule has 0 spiro atoms. The summed E-state index contributed by atoms with van der Waals surface area (Å²) >= 11 is 2.31. The maximum absolute atomic E-state index is 11.7. The second-order valence-corrected chi connectivity index (χ2v) is 13.9. The predicted octanol–water partition coefficient (Wildman–Crippen LogP) is 13.3. The van der Waals surface area contributed by atoms with Crippen molar-refractivity contribution in [1.82, 2.24) is 0 Å². The van der Waals surface area contributed by atoms with Crippen LogP contribution in [0.15, 0.2) is 103 Å². The minimum absolute atomic E-state index is 0.364. The Balaban J connectivity index is 1.71. The third kappa shape index (κ3) is 6.74. The maximum atomic E-state index is 11.7. The summed E-state index contributed by atoms with van der Waals surface area (Å²) in [6.45, 7) is 6.79. The monoisotopic (exact) mass is 716 g/mol. The Morgan fingerprint density at radius 3 is 1.52 bits per heavy atom. The number of hydrogen-bond donors (Lipinski definition) is 1. The maximum Gasteiger partial charge on any atom is 0.136 e. The number of benzene rings is 6. The van der Waals surface area contributed by atoms with Crippen LogP contribution in [0.3, 0.4) is 0 Å². The molecule has 6 rings (SSSR count). The van der Waals surface area contributed by atoms with Crippen molar-refractivity contribution >= 4 is 44.1 Å². The van der Waals surface area contributed by atoms with Gasteiger partial charge in [0.05, 0.1) is 3.57 Å². The third-order valence-corrected chi connectivity index (χ3v) is 10.2. The lowest BCUT2D eigenvalue weighted by molar-refractivity contribution is 0.473. The van der Waals surface area contributed by atoms with Gasteiger partial charge >= 0.3 is 0 Å². The molecule has 0 saturated heterocycles. The lowest BCUT2D eigenvalue weighted by Crippen LogP contribution is -1.97. The van der Waals surface area contributed by atoms with E-state index in [4.69, 9.17) is 0 Å². The normalized spacial score (nSPS) is 11.5. The van der Waals surface area contributed by atoms with Crippen molar-refractivity contribution in [2.24, 2.45) is 0 Å². The highest BCUT2D eigenvalue weighted by Crippen LogP contribution is 2.48. The van der Waals surface area contributed by atoms with Gasteiger partial charge in [-0.1, -0.05) is 131 Å². The van der Waals surface area contributed by atoms with Crippen LogP contribution >= 0.6 is 22.6 Å². The Labute approximate surface area is 288 Å². The highest BCUT2D eigenvalue weighted by molar-refractivity contribution is 14.1. The number of hydrogen-bond acceptors (Lipinski definition) is 1. The van der Waals surface area contributed by atoms with Crippen molar-refractivity contribution in [3.05, 3.63) is 123 Å². The first-order valence-electron chi connectivity index (χ1n) is 17.2. The van der Waals surface area contributed by atoms with Gasteiger partial charge < -0.3 is 5.11 Å². The van der Waals surface area contributed by atoms with Gasteiger partial charge in [-0.05, 0) is 139 Å². The Bertz CT molecular complexity index is 1960. The first kappa shape index (κ1) is 32.3. The molecular formula is C44H45IO. The summed E-state index contributed by atoms with van der Waals surface area (Å²) in [7, 11) is 0. The van der Waals surface area contributed by atoms with E-state index in [0.29, 0.717) is 5.75 Å². The van der Waals surface area contributed by atoms with Gasteiger partial charge in [-0.2, -0.15) is 0 Å². The second-order valence-electron chi connectivity index (χ2n) is 12.7. The molecule has 234 valence electrons. The van der Waals surface area contributed by atoms with Crippen LogP contribution in [0, 0.1) is 3.57 Å². The van der Waals surface area contributed by atoms with Gasteiger partial charge in [0.1, 0.15) is 5.75 Å². The number of fused-ring (bicyclic) bond motifs is 2. The predicted molar refractivity (Wildman–Crippen MR) is 208 cm³/mol. The van der Waals surface area contributed by atoms with Gasteiger partial charge in [0.15, 0.2) is 0 Å². The number of phenolic OH excluding ortho intramolecular Hbond substituents is 1. The third-order valence-electron chi connectivity index (χ3n) is 9.34. The summed E-state index contributed by atoms with van der Waals surface area (Å²) in [6, 6.07) is 38.3. The van der Waals surface area contributed by atoms with Crippen molar-refractivity contribution in [1.29, 1.82) is 0 Å². The van der Waals surface area contributed by atoms with Crippen molar-refractivity contribution in [2.45, 2.75) is 78.6 Å². The van der Waals surface area contributed by atoms with E-state index in [-0.39, 0.29) is 0 Å². The number of unbranched alkanes of at least 4 members (excludes halogenated alkanes) is 3. The van der Waals surface area contributed by atoms with Crippen LogP contribution in [-0.4, -0.2) is 5.11 Å². The molecule has 0 saturated carbocycles. The topological polar surface area (TPSA) is 20.2 Å². The average Bonchev–Trinajstić information content (AvgIpc) is 3.09. The smallest absolute Gasteiger partial charge is 0.136 e. The number of rotatable bonds is 12. The standard InChI is InChI=1S/C44H45IO/c1-4-7-14-30-25-31(15-8-5-2)27-35(26-30)38-23-21-33-17-10-12-19-36(33)42(38)43-37-20-13-11-18-34(37)22-24-39(43)40-28-32(16-9-6-3)29-41(45)44(40)46/h10-13,17-29,46H,4-9,14-16H2,1-3H3. The summed E-state index contributed by atoms with van der Waals surface area (Å²) in [5.41, 5.74) is 11.1. The molecule has 0 atom stereocenters. The van der Waals surface area contributed by atoms with Crippen LogP contribution in [0.2, 0.25) is 0 Å². The fraction of sp³-hybridized carbons (Fsp3) is 0.273. The van der Waals surface area contributed by atoms with E-state index in [1.54, 1.807) is 0 Å². The van der Waals surface area contributed by atoms with E-state index in [0.717, 1.165) is 46.8 Å². The minimum atomic E-state index is 0.364. The lowest BCUT2D eigenvalue weighted by atomic mass is 9.82. The first-order chi connectivity index (χ1) is 22.5. The van der Waals surface area contributed by atoms with E-state index >= 15 is 0 Å². The van der Waals surface area contributed by atoms with Crippen LogP contribution in [0.4, 0.5) is 0 Å². The fourth-order valence-electron chi connectivity index (χ4n) is 6.90. The quantitative estimate of drug-likeness (QED) is 0.125. The number of aromatic hydroxyl groups is 1. The summed E-state index contributed by atoms with van der Waals surface area (Å²) in [6.07, 6.45) is 10.3. The summed E-state index contributed by atoms with van der Waals surface area (Å²) in [4.78, 5) is 0. The second kappa shape index (κ2) is 14.9. The fourth-order valence-corrected chi connectivity index (χ4v) is 7.59. The zero-order valence-corrected chi connectivity index (χ0v) is 29.7. The van der Waals surface area contributed by atoms with Gasteiger partial charge in [0.25, 0.3) is 0 Å². The Morgan fingerprint density at radius 2 is 0.978 bits per heavy atom. The molecule has 0 aliphatic heterocycles. The highest BCUT2D eigenvalue weighted by Gasteiger charge is 2.22. The molecule has 2 heteroatoms. The largest absolute Gasteiger partial charge is 0.506 e. The molecule has 6 aromatic rings. The lowest BCUT2D eigenvalue weighted by Gasteiger charge is -2.22. The Hall–Kier alpha value is -3.63. The number of aryl methyl sites for hydroxylation is 3. The molecule has 6 aromatic carbocycles. The van der Waals surface area contributed by atoms with Crippen LogP contribution in [-0.2, 0) is 19.3 Å². The van der Waals surface area contributed by atoms with Gasteiger partial charge in [0.2, 0.25) is 0 Å². The highest BCUT2D eigenvalue weighted by atomic mass is 127. The molecule has 0 heterocycles. The van der Waals surface area contributed by atoms with Crippen molar-refractivity contribution in [2.75, 3.05) is 0 Å². The van der Waals surface area contributed by atoms with Crippen LogP contribution in [0.1, 0.15) is 76.0 Å². The molecule has 1 N–H and O–H groups in total. The van der Waals surface area contributed by atoms with Gasteiger partial charge in [-0.15, -0.1) is 0 Å². The molecule has 46 heavy (non-hydrogen) atoms.